The summed E-state index contributed by atoms with van der Waals surface area (Å²) >= 11 is 11.8. The van der Waals surface area contributed by atoms with Gasteiger partial charge in [0.15, 0.2) is 0 Å². The van der Waals surface area contributed by atoms with Crippen LogP contribution in [0.4, 0.5) is 0 Å². The fourth-order valence-electron chi connectivity index (χ4n) is 1.80. The molecule has 0 amide bonds. The van der Waals surface area contributed by atoms with Crippen LogP contribution in [-0.2, 0) is 16.6 Å². The number of nitrogens with one attached hydrogen (secondary N) is 1. The topological polar surface area (TPSA) is 66.4 Å². The Labute approximate surface area is 130 Å². The van der Waals surface area contributed by atoms with Crippen molar-refractivity contribution in [2.75, 3.05) is 0 Å². The van der Waals surface area contributed by atoms with E-state index in [4.69, 9.17) is 28.3 Å². The number of hydrogen-bond donors (Lipinski definition) is 2. The van der Waals surface area contributed by atoms with Crippen LogP contribution in [0.2, 0.25) is 10.0 Å². The zero-order valence-electron chi connectivity index (χ0n) is 11.5. The van der Waals surface area contributed by atoms with Crippen LogP contribution in [-0.4, -0.2) is 19.6 Å². The number of halogens is 2. The molecule has 0 radical (unpaired) electrons. The van der Waals surface area contributed by atoms with Crippen LogP contribution in [0, 0.1) is 0 Å². The van der Waals surface area contributed by atoms with Gasteiger partial charge in [0, 0.05) is 11.1 Å². The molecule has 1 unspecified atom stereocenters. The summed E-state index contributed by atoms with van der Waals surface area (Å²) in [7, 11) is -3.72. The van der Waals surface area contributed by atoms with Gasteiger partial charge in [-0.15, -0.1) is 0 Å². The molecular weight excluding hydrogens is 321 g/mol. The summed E-state index contributed by atoms with van der Waals surface area (Å²) in [6, 6.07) is 2.46. The lowest BCUT2D eigenvalue weighted by atomic mass is 10.2. The number of aliphatic hydroxyl groups is 1. The first-order valence-corrected chi connectivity index (χ1v) is 8.66. The Hall–Kier alpha value is -0.330. The van der Waals surface area contributed by atoms with E-state index in [-0.39, 0.29) is 27.6 Å². The third-order valence-corrected chi connectivity index (χ3v) is 5.31. The van der Waals surface area contributed by atoms with Gasteiger partial charge in [-0.1, -0.05) is 43.0 Å². The summed E-state index contributed by atoms with van der Waals surface area (Å²) in [5, 5.41) is 9.44. The van der Waals surface area contributed by atoms with E-state index in [1.165, 1.54) is 12.1 Å². The minimum Gasteiger partial charge on any atom is -0.392 e. The monoisotopic (exact) mass is 339 g/mol. The van der Waals surface area contributed by atoms with E-state index in [2.05, 4.69) is 4.72 Å². The van der Waals surface area contributed by atoms with E-state index in [1.807, 2.05) is 13.8 Å². The number of rotatable bonds is 7. The maximum Gasteiger partial charge on any atom is 0.242 e. The standard InChI is InChI=1S/C13H19Cl2NO3S/c1-3-4-5-9(2)16-20(18,19)13-6-10(8-17)11(14)7-12(13)15/h6-7,9,16-17H,3-5,8H2,1-2H3. The Morgan fingerprint density at radius 2 is 1.95 bits per heavy atom. The highest BCUT2D eigenvalue weighted by atomic mass is 35.5. The predicted octanol–water partition coefficient (Wildman–Crippen LogP) is 3.34. The van der Waals surface area contributed by atoms with Gasteiger partial charge in [0.2, 0.25) is 10.0 Å². The van der Waals surface area contributed by atoms with Crippen LogP contribution in [0.25, 0.3) is 0 Å². The average Bonchev–Trinajstić information content (AvgIpc) is 2.35. The van der Waals surface area contributed by atoms with E-state index < -0.39 is 10.0 Å². The normalized spacial score (nSPS) is 13.4. The first kappa shape index (κ1) is 17.7. The molecule has 0 saturated heterocycles. The van der Waals surface area contributed by atoms with Crippen LogP contribution in [0.5, 0.6) is 0 Å². The summed E-state index contributed by atoms with van der Waals surface area (Å²) in [4.78, 5) is -0.0593. The van der Waals surface area contributed by atoms with Gasteiger partial charge in [-0.25, -0.2) is 13.1 Å². The summed E-state index contributed by atoms with van der Waals surface area (Å²) in [5.74, 6) is 0. The van der Waals surface area contributed by atoms with Gasteiger partial charge in [0.25, 0.3) is 0 Å². The van der Waals surface area contributed by atoms with E-state index in [9.17, 15) is 8.42 Å². The Kier molecular flexibility index (Phi) is 6.75. The molecule has 0 heterocycles. The molecule has 4 nitrogen and oxygen atoms in total. The van der Waals surface area contributed by atoms with Crippen molar-refractivity contribution < 1.29 is 13.5 Å². The summed E-state index contributed by atoms with van der Waals surface area (Å²) in [5.41, 5.74) is 0.331. The van der Waals surface area contributed by atoms with Crippen molar-refractivity contribution in [3.05, 3.63) is 27.7 Å². The van der Waals surface area contributed by atoms with Gasteiger partial charge in [-0.05, 0) is 31.0 Å². The molecule has 1 aromatic rings. The summed E-state index contributed by atoms with van der Waals surface area (Å²) in [6.07, 6.45) is 2.70. The number of unbranched alkanes of at least 4 members (excludes halogenated alkanes) is 1. The van der Waals surface area contributed by atoms with E-state index in [1.54, 1.807) is 0 Å². The second-order valence-electron chi connectivity index (χ2n) is 4.70. The van der Waals surface area contributed by atoms with Crippen molar-refractivity contribution in [3.8, 4) is 0 Å². The number of aliphatic hydroxyl groups excluding tert-OH is 1. The molecule has 1 aromatic carbocycles. The molecule has 2 N–H and O–H groups in total. The SMILES string of the molecule is CCCCC(C)NS(=O)(=O)c1cc(CO)c(Cl)cc1Cl. The quantitative estimate of drug-likeness (QED) is 0.800. The number of benzene rings is 1. The summed E-state index contributed by atoms with van der Waals surface area (Å²) < 4.78 is 27.2. The third kappa shape index (κ3) is 4.60. The zero-order valence-corrected chi connectivity index (χ0v) is 13.8. The highest BCUT2D eigenvalue weighted by molar-refractivity contribution is 7.89. The average molecular weight is 340 g/mol. The maximum absolute atomic E-state index is 12.3. The maximum atomic E-state index is 12.3. The molecule has 0 aliphatic heterocycles. The minimum absolute atomic E-state index is 0.0439. The van der Waals surface area contributed by atoms with Crippen molar-refractivity contribution in [2.45, 2.75) is 50.7 Å². The van der Waals surface area contributed by atoms with Crippen molar-refractivity contribution >= 4 is 33.2 Å². The van der Waals surface area contributed by atoms with Crippen LogP contribution < -0.4 is 4.72 Å². The largest absolute Gasteiger partial charge is 0.392 e. The van der Waals surface area contributed by atoms with Gasteiger partial charge in [0.05, 0.1) is 11.6 Å². The Bertz CT molecular complexity index is 561. The second kappa shape index (κ2) is 7.61. The molecule has 0 fully saturated rings. The highest BCUT2D eigenvalue weighted by Gasteiger charge is 2.22. The van der Waals surface area contributed by atoms with Crippen molar-refractivity contribution in [1.82, 2.24) is 4.72 Å². The molecule has 114 valence electrons. The lowest BCUT2D eigenvalue weighted by Gasteiger charge is -2.15. The zero-order chi connectivity index (χ0) is 15.3. The van der Waals surface area contributed by atoms with Crippen LogP contribution >= 0.6 is 23.2 Å². The molecule has 1 atom stereocenters. The molecule has 0 aliphatic rings. The van der Waals surface area contributed by atoms with Gasteiger partial charge < -0.3 is 5.11 Å². The summed E-state index contributed by atoms with van der Waals surface area (Å²) in [6.45, 7) is 3.51. The second-order valence-corrected chi connectivity index (χ2v) is 7.19. The predicted molar refractivity (Wildman–Crippen MR) is 81.7 cm³/mol. The van der Waals surface area contributed by atoms with Crippen LogP contribution in [0.3, 0.4) is 0 Å². The molecule has 0 aliphatic carbocycles. The van der Waals surface area contributed by atoms with Gasteiger partial charge in [-0.3, -0.25) is 0 Å². The fourth-order valence-corrected chi connectivity index (χ4v) is 3.93. The molecule has 0 aromatic heterocycles. The Balaban J connectivity index is 3.03. The smallest absolute Gasteiger partial charge is 0.242 e. The molecule has 0 saturated carbocycles. The number of hydrogen-bond acceptors (Lipinski definition) is 3. The Morgan fingerprint density at radius 1 is 1.30 bits per heavy atom. The lowest BCUT2D eigenvalue weighted by molar-refractivity contribution is 0.281. The highest BCUT2D eigenvalue weighted by Crippen LogP contribution is 2.29. The lowest BCUT2D eigenvalue weighted by Crippen LogP contribution is -2.32. The van der Waals surface area contributed by atoms with Crippen molar-refractivity contribution in [1.29, 1.82) is 0 Å². The minimum atomic E-state index is -3.72. The van der Waals surface area contributed by atoms with Crippen LogP contribution in [0.1, 0.15) is 38.7 Å². The molecule has 0 spiro atoms. The number of sulfonamides is 1. The van der Waals surface area contributed by atoms with Crippen LogP contribution in [0.15, 0.2) is 17.0 Å². The van der Waals surface area contributed by atoms with Gasteiger partial charge >= 0.3 is 0 Å². The molecule has 1 rings (SSSR count). The first-order chi connectivity index (χ1) is 9.31. The molecular formula is C13H19Cl2NO3S. The fraction of sp³-hybridized carbons (Fsp3) is 0.538. The van der Waals surface area contributed by atoms with Crippen molar-refractivity contribution in [2.24, 2.45) is 0 Å². The molecule has 20 heavy (non-hydrogen) atoms. The van der Waals surface area contributed by atoms with E-state index in [0.29, 0.717) is 5.56 Å². The van der Waals surface area contributed by atoms with E-state index in [0.717, 1.165) is 19.3 Å². The van der Waals surface area contributed by atoms with Crippen molar-refractivity contribution in [3.63, 3.8) is 0 Å². The first-order valence-electron chi connectivity index (χ1n) is 6.43. The molecule has 7 heteroatoms. The van der Waals surface area contributed by atoms with Gasteiger partial charge in [-0.2, -0.15) is 0 Å². The van der Waals surface area contributed by atoms with E-state index >= 15 is 0 Å². The third-order valence-electron chi connectivity index (χ3n) is 2.91. The Morgan fingerprint density at radius 3 is 2.50 bits per heavy atom. The van der Waals surface area contributed by atoms with Gasteiger partial charge in [0.1, 0.15) is 4.90 Å². The molecule has 0 bridgehead atoms.